The highest BCUT2D eigenvalue weighted by molar-refractivity contribution is 5.85. The van der Waals surface area contributed by atoms with E-state index < -0.39 is 0 Å². The molecule has 0 saturated carbocycles. The molecule has 2 aliphatic heterocycles. The Bertz CT molecular complexity index is 1080. The van der Waals surface area contributed by atoms with Crippen molar-refractivity contribution < 1.29 is 9.47 Å². The standard InChI is InChI=1S/C23H30N6O2.ClH/c1-15-10-18-13-25-29(20(18)11-19(15)17-4-6-24-7-5-17)22-12-21(26-23(27-22)30-3)28-8-9-31-16(2)14-28;/h10-13,16-17,24H,4-9,14H2,1-3H3;1H. The van der Waals surface area contributed by atoms with Gasteiger partial charge in [0.15, 0.2) is 5.82 Å². The van der Waals surface area contributed by atoms with Crippen LogP contribution in [0, 0.1) is 6.92 Å². The lowest BCUT2D eigenvalue weighted by Crippen LogP contribution is -2.41. The number of piperidine rings is 1. The smallest absolute Gasteiger partial charge is 0.320 e. The summed E-state index contributed by atoms with van der Waals surface area (Å²) in [5.41, 5.74) is 3.82. The maximum absolute atomic E-state index is 5.69. The third kappa shape index (κ3) is 4.40. The number of halogens is 1. The SMILES string of the molecule is COc1nc(N2CCOC(C)C2)cc(-n2ncc3cc(C)c(C4CCNCC4)cc32)n1.Cl. The highest BCUT2D eigenvalue weighted by Crippen LogP contribution is 2.32. The van der Waals surface area contributed by atoms with Crippen LogP contribution in [0.25, 0.3) is 16.7 Å². The Morgan fingerprint density at radius 3 is 2.66 bits per heavy atom. The highest BCUT2D eigenvalue weighted by atomic mass is 35.5. The maximum Gasteiger partial charge on any atom is 0.320 e. The van der Waals surface area contributed by atoms with Gasteiger partial charge in [-0.2, -0.15) is 15.1 Å². The molecule has 32 heavy (non-hydrogen) atoms. The number of ether oxygens (including phenoxy) is 2. The van der Waals surface area contributed by atoms with Crippen molar-refractivity contribution in [1.82, 2.24) is 25.1 Å². The molecule has 2 aromatic heterocycles. The molecule has 0 bridgehead atoms. The molecule has 2 fully saturated rings. The molecule has 2 saturated heterocycles. The first kappa shape index (κ1) is 22.8. The van der Waals surface area contributed by atoms with Crippen molar-refractivity contribution in [3.05, 3.63) is 35.5 Å². The summed E-state index contributed by atoms with van der Waals surface area (Å²) in [6.45, 7) is 8.71. The first-order chi connectivity index (χ1) is 15.1. The summed E-state index contributed by atoms with van der Waals surface area (Å²) in [5.74, 6) is 2.14. The van der Waals surface area contributed by atoms with Crippen LogP contribution in [-0.4, -0.2) is 65.7 Å². The van der Waals surface area contributed by atoms with Gasteiger partial charge in [0.2, 0.25) is 0 Å². The van der Waals surface area contributed by atoms with E-state index in [0.717, 1.165) is 48.7 Å². The van der Waals surface area contributed by atoms with Crippen LogP contribution in [0.2, 0.25) is 0 Å². The van der Waals surface area contributed by atoms with E-state index in [4.69, 9.17) is 9.47 Å². The predicted molar refractivity (Wildman–Crippen MR) is 128 cm³/mol. The quantitative estimate of drug-likeness (QED) is 0.643. The maximum atomic E-state index is 5.69. The zero-order valence-corrected chi connectivity index (χ0v) is 19.7. The monoisotopic (exact) mass is 458 g/mol. The molecule has 0 radical (unpaired) electrons. The van der Waals surface area contributed by atoms with Gasteiger partial charge in [0.25, 0.3) is 0 Å². The van der Waals surface area contributed by atoms with Gasteiger partial charge in [0.1, 0.15) is 5.82 Å². The third-order valence-electron chi connectivity index (χ3n) is 6.38. The minimum absolute atomic E-state index is 0. The van der Waals surface area contributed by atoms with Gasteiger partial charge in [0.05, 0.1) is 31.5 Å². The van der Waals surface area contributed by atoms with Crippen molar-refractivity contribution >= 4 is 29.1 Å². The Labute approximate surface area is 194 Å². The van der Waals surface area contributed by atoms with Crippen molar-refractivity contribution in [3.63, 3.8) is 0 Å². The largest absolute Gasteiger partial charge is 0.467 e. The fourth-order valence-corrected chi connectivity index (χ4v) is 4.75. The van der Waals surface area contributed by atoms with Gasteiger partial charge in [-0.1, -0.05) is 0 Å². The number of methoxy groups -OCH3 is 1. The average molecular weight is 459 g/mol. The van der Waals surface area contributed by atoms with Gasteiger partial charge in [-0.25, -0.2) is 4.68 Å². The molecule has 1 atom stereocenters. The second-order valence-corrected chi connectivity index (χ2v) is 8.55. The van der Waals surface area contributed by atoms with Crippen molar-refractivity contribution in [2.75, 3.05) is 44.8 Å². The fourth-order valence-electron chi connectivity index (χ4n) is 4.75. The van der Waals surface area contributed by atoms with Crippen LogP contribution < -0.4 is 15.0 Å². The third-order valence-corrected chi connectivity index (χ3v) is 6.38. The van der Waals surface area contributed by atoms with E-state index >= 15 is 0 Å². The first-order valence-electron chi connectivity index (χ1n) is 11.1. The average Bonchev–Trinajstić information content (AvgIpc) is 3.21. The summed E-state index contributed by atoms with van der Waals surface area (Å²) in [7, 11) is 1.60. The topological polar surface area (TPSA) is 77.3 Å². The number of rotatable bonds is 4. The van der Waals surface area contributed by atoms with Crippen LogP contribution in [0.4, 0.5) is 5.82 Å². The number of nitrogens with one attached hydrogen (secondary N) is 1. The predicted octanol–water partition coefficient (Wildman–Crippen LogP) is 3.25. The van der Waals surface area contributed by atoms with Crippen LogP contribution in [0.15, 0.2) is 24.4 Å². The molecular weight excluding hydrogens is 428 g/mol. The van der Waals surface area contributed by atoms with Crippen LogP contribution in [0.1, 0.15) is 36.8 Å². The first-order valence-corrected chi connectivity index (χ1v) is 11.1. The lowest BCUT2D eigenvalue weighted by molar-refractivity contribution is 0.0529. The van der Waals surface area contributed by atoms with Crippen molar-refractivity contribution in [3.8, 4) is 11.8 Å². The minimum atomic E-state index is 0. The van der Waals surface area contributed by atoms with Crippen molar-refractivity contribution in [2.45, 2.75) is 38.7 Å². The molecule has 8 nitrogen and oxygen atoms in total. The zero-order valence-electron chi connectivity index (χ0n) is 18.9. The summed E-state index contributed by atoms with van der Waals surface area (Å²) in [5, 5.41) is 9.27. The Hall–Kier alpha value is -2.42. The number of aromatic nitrogens is 4. The van der Waals surface area contributed by atoms with E-state index in [1.165, 1.54) is 24.0 Å². The van der Waals surface area contributed by atoms with Crippen molar-refractivity contribution in [1.29, 1.82) is 0 Å². The van der Waals surface area contributed by atoms with Gasteiger partial charge < -0.3 is 19.7 Å². The lowest BCUT2D eigenvalue weighted by Gasteiger charge is -2.32. The Balaban J connectivity index is 0.00000245. The van der Waals surface area contributed by atoms with Gasteiger partial charge >= 0.3 is 6.01 Å². The molecule has 5 rings (SSSR count). The Morgan fingerprint density at radius 2 is 1.91 bits per heavy atom. The number of aryl methyl sites for hydroxylation is 1. The van der Waals surface area contributed by atoms with E-state index in [0.29, 0.717) is 18.5 Å². The van der Waals surface area contributed by atoms with Gasteiger partial charge in [-0.3, -0.25) is 0 Å². The molecule has 0 spiro atoms. The van der Waals surface area contributed by atoms with Crippen LogP contribution >= 0.6 is 12.4 Å². The molecule has 1 aromatic carbocycles. The van der Waals surface area contributed by atoms with Gasteiger partial charge in [-0.15, -0.1) is 12.4 Å². The molecule has 0 amide bonds. The number of nitrogens with zero attached hydrogens (tertiary/aromatic N) is 5. The second kappa shape index (κ2) is 9.60. The van der Waals surface area contributed by atoms with E-state index in [-0.39, 0.29) is 18.5 Å². The van der Waals surface area contributed by atoms with Gasteiger partial charge in [0, 0.05) is 24.5 Å². The van der Waals surface area contributed by atoms with Crippen LogP contribution in [0.5, 0.6) is 6.01 Å². The Kier molecular flexibility index (Phi) is 6.83. The summed E-state index contributed by atoms with van der Waals surface area (Å²) in [6.07, 6.45) is 4.42. The fraction of sp³-hybridized carbons (Fsp3) is 0.522. The molecule has 4 heterocycles. The summed E-state index contributed by atoms with van der Waals surface area (Å²) < 4.78 is 13.0. The Morgan fingerprint density at radius 1 is 1.12 bits per heavy atom. The van der Waals surface area contributed by atoms with Crippen LogP contribution in [-0.2, 0) is 4.74 Å². The van der Waals surface area contributed by atoms with Crippen molar-refractivity contribution in [2.24, 2.45) is 0 Å². The summed E-state index contributed by atoms with van der Waals surface area (Å²) in [4.78, 5) is 11.4. The van der Waals surface area contributed by atoms with Gasteiger partial charge in [-0.05, 0) is 69.0 Å². The molecule has 172 valence electrons. The van der Waals surface area contributed by atoms with E-state index in [1.54, 1.807) is 7.11 Å². The van der Waals surface area contributed by atoms with E-state index in [1.807, 2.05) is 16.9 Å². The number of benzene rings is 1. The minimum Gasteiger partial charge on any atom is -0.467 e. The van der Waals surface area contributed by atoms with Crippen LogP contribution in [0.3, 0.4) is 0 Å². The summed E-state index contributed by atoms with van der Waals surface area (Å²) in [6, 6.07) is 6.90. The number of hydrogen-bond acceptors (Lipinski definition) is 7. The molecule has 3 aromatic rings. The molecule has 1 unspecified atom stereocenters. The lowest BCUT2D eigenvalue weighted by atomic mass is 9.87. The second-order valence-electron chi connectivity index (χ2n) is 8.55. The molecule has 1 N–H and O–H groups in total. The number of hydrogen-bond donors (Lipinski definition) is 1. The molecule has 9 heteroatoms. The molecule has 0 aliphatic carbocycles. The van der Waals surface area contributed by atoms with E-state index in [9.17, 15) is 0 Å². The highest BCUT2D eigenvalue weighted by Gasteiger charge is 2.22. The number of anilines is 1. The number of morpholine rings is 1. The zero-order chi connectivity index (χ0) is 21.4. The molecular formula is C23H31ClN6O2. The molecule has 2 aliphatic rings. The summed E-state index contributed by atoms with van der Waals surface area (Å²) >= 11 is 0. The van der Waals surface area contributed by atoms with E-state index in [2.05, 4.69) is 51.3 Å². The number of fused-ring (bicyclic) bond motifs is 1. The normalized spacial score (nSPS) is 19.7.